The Bertz CT molecular complexity index is 1170. The SMILES string of the molecule is CN1CCCC1CCOc1cc(CN(c2ccc(C(C)(C)C)cc2)c2ncccc2C(N)=O)ccn1. The molecule has 1 aliphatic heterocycles. The van der Waals surface area contributed by atoms with Gasteiger partial charge in [-0.3, -0.25) is 4.79 Å². The summed E-state index contributed by atoms with van der Waals surface area (Å²) < 4.78 is 6.02. The highest BCUT2D eigenvalue weighted by atomic mass is 16.5. The maximum absolute atomic E-state index is 12.2. The second-order valence-corrected chi connectivity index (χ2v) is 10.5. The fourth-order valence-electron chi connectivity index (χ4n) is 4.69. The minimum Gasteiger partial charge on any atom is -0.478 e. The van der Waals surface area contributed by atoms with E-state index >= 15 is 0 Å². The van der Waals surface area contributed by atoms with Gasteiger partial charge in [-0.1, -0.05) is 32.9 Å². The average molecular weight is 488 g/mol. The van der Waals surface area contributed by atoms with E-state index in [1.54, 1.807) is 24.5 Å². The number of hydrogen-bond donors (Lipinski definition) is 1. The zero-order valence-corrected chi connectivity index (χ0v) is 21.8. The molecular formula is C29H37N5O2. The van der Waals surface area contributed by atoms with Gasteiger partial charge in [0.2, 0.25) is 5.88 Å². The maximum Gasteiger partial charge on any atom is 0.252 e. The van der Waals surface area contributed by atoms with Crippen molar-refractivity contribution in [3.05, 3.63) is 77.6 Å². The van der Waals surface area contributed by atoms with E-state index in [0.717, 1.165) is 24.2 Å². The fraction of sp³-hybridized carbons (Fsp3) is 0.414. The average Bonchev–Trinajstić information content (AvgIpc) is 3.27. The van der Waals surface area contributed by atoms with Gasteiger partial charge in [0.1, 0.15) is 5.82 Å². The van der Waals surface area contributed by atoms with Crippen LogP contribution in [0.2, 0.25) is 0 Å². The van der Waals surface area contributed by atoms with Crippen molar-refractivity contribution in [2.45, 2.75) is 58.0 Å². The van der Waals surface area contributed by atoms with Crippen molar-refractivity contribution in [3.8, 4) is 5.88 Å². The van der Waals surface area contributed by atoms with Gasteiger partial charge < -0.3 is 20.3 Å². The van der Waals surface area contributed by atoms with Crippen LogP contribution in [0, 0.1) is 0 Å². The van der Waals surface area contributed by atoms with Crippen LogP contribution in [-0.4, -0.2) is 47.0 Å². The number of hydrogen-bond acceptors (Lipinski definition) is 6. The number of carbonyl (C=O) groups is 1. The van der Waals surface area contributed by atoms with E-state index < -0.39 is 5.91 Å². The second-order valence-electron chi connectivity index (χ2n) is 10.5. The van der Waals surface area contributed by atoms with Gasteiger partial charge in [0.25, 0.3) is 5.91 Å². The number of likely N-dealkylation sites (tertiary alicyclic amines) is 1. The Kier molecular flexibility index (Phi) is 7.89. The first-order chi connectivity index (χ1) is 17.2. The Hall–Kier alpha value is -3.45. The van der Waals surface area contributed by atoms with Gasteiger partial charge in [0.05, 0.1) is 12.2 Å². The van der Waals surface area contributed by atoms with Crippen LogP contribution in [0.25, 0.3) is 0 Å². The van der Waals surface area contributed by atoms with Crippen molar-refractivity contribution in [3.63, 3.8) is 0 Å². The highest BCUT2D eigenvalue weighted by molar-refractivity contribution is 5.98. The zero-order valence-electron chi connectivity index (χ0n) is 21.8. The van der Waals surface area contributed by atoms with Gasteiger partial charge in [-0.05, 0) is 79.7 Å². The van der Waals surface area contributed by atoms with E-state index in [-0.39, 0.29) is 5.41 Å². The number of pyridine rings is 2. The summed E-state index contributed by atoms with van der Waals surface area (Å²) in [5.74, 6) is 0.620. The number of nitrogens with zero attached hydrogens (tertiary/aromatic N) is 4. The van der Waals surface area contributed by atoms with Crippen molar-refractivity contribution >= 4 is 17.4 Å². The molecule has 1 saturated heterocycles. The Balaban J connectivity index is 1.58. The lowest BCUT2D eigenvalue weighted by molar-refractivity contribution is 0.100. The molecule has 3 aromatic rings. The Morgan fingerprint density at radius 1 is 1.14 bits per heavy atom. The summed E-state index contributed by atoms with van der Waals surface area (Å²) in [6.07, 6.45) is 6.91. The van der Waals surface area contributed by atoms with Gasteiger partial charge in [-0.2, -0.15) is 0 Å². The zero-order chi connectivity index (χ0) is 25.7. The molecular weight excluding hydrogens is 450 g/mol. The monoisotopic (exact) mass is 487 g/mol. The molecule has 7 heteroatoms. The molecule has 1 aromatic carbocycles. The Morgan fingerprint density at radius 2 is 1.92 bits per heavy atom. The summed E-state index contributed by atoms with van der Waals surface area (Å²) in [6.45, 7) is 8.84. The van der Waals surface area contributed by atoms with Gasteiger partial charge in [-0.15, -0.1) is 0 Å². The predicted octanol–water partition coefficient (Wildman–Crippen LogP) is 5.07. The van der Waals surface area contributed by atoms with Crippen LogP contribution < -0.4 is 15.4 Å². The number of carbonyl (C=O) groups excluding carboxylic acids is 1. The molecule has 36 heavy (non-hydrogen) atoms. The topological polar surface area (TPSA) is 84.6 Å². The third-order valence-corrected chi connectivity index (χ3v) is 6.87. The number of nitrogens with two attached hydrogens (primary N) is 1. The summed E-state index contributed by atoms with van der Waals surface area (Å²) in [6, 6.07) is 16.3. The summed E-state index contributed by atoms with van der Waals surface area (Å²) in [5, 5.41) is 0. The number of anilines is 2. The molecule has 3 heterocycles. The molecule has 1 unspecified atom stereocenters. The molecule has 0 aliphatic carbocycles. The number of rotatable bonds is 9. The Labute approximate surface area is 214 Å². The van der Waals surface area contributed by atoms with Crippen molar-refractivity contribution in [1.82, 2.24) is 14.9 Å². The van der Waals surface area contributed by atoms with E-state index in [9.17, 15) is 4.79 Å². The predicted molar refractivity (Wildman–Crippen MR) is 144 cm³/mol. The number of primary amides is 1. The van der Waals surface area contributed by atoms with E-state index in [4.69, 9.17) is 10.5 Å². The minimum absolute atomic E-state index is 0.0391. The molecule has 0 saturated carbocycles. The number of aromatic nitrogens is 2. The van der Waals surface area contributed by atoms with Crippen LogP contribution in [-0.2, 0) is 12.0 Å². The van der Waals surface area contributed by atoms with Crippen molar-refractivity contribution in [2.75, 3.05) is 25.1 Å². The molecule has 1 fully saturated rings. The fourth-order valence-corrected chi connectivity index (χ4v) is 4.69. The third kappa shape index (κ3) is 6.21. The summed E-state index contributed by atoms with van der Waals surface area (Å²) >= 11 is 0. The summed E-state index contributed by atoms with van der Waals surface area (Å²) in [5.41, 5.74) is 9.28. The van der Waals surface area contributed by atoms with Crippen molar-refractivity contribution in [1.29, 1.82) is 0 Å². The van der Waals surface area contributed by atoms with Crippen LogP contribution in [0.15, 0.2) is 60.9 Å². The first-order valence-corrected chi connectivity index (χ1v) is 12.6. The van der Waals surface area contributed by atoms with Gasteiger partial charge in [0.15, 0.2) is 0 Å². The lowest BCUT2D eigenvalue weighted by Crippen LogP contribution is -2.26. The van der Waals surface area contributed by atoms with Crippen LogP contribution in [0.1, 0.15) is 61.5 Å². The normalized spacial score (nSPS) is 16.2. The molecule has 1 atom stereocenters. The van der Waals surface area contributed by atoms with Crippen molar-refractivity contribution in [2.24, 2.45) is 5.73 Å². The van der Waals surface area contributed by atoms with Crippen molar-refractivity contribution < 1.29 is 9.53 Å². The second kappa shape index (κ2) is 11.1. The largest absolute Gasteiger partial charge is 0.478 e. The maximum atomic E-state index is 12.2. The van der Waals surface area contributed by atoms with E-state index in [2.05, 4.69) is 67.0 Å². The molecule has 0 radical (unpaired) electrons. The number of benzene rings is 1. The molecule has 190 valence electrons. The van der Waals surface area contributed by atoms with Gasteiger partial charge in [0, 0.05) is 36.7 Å². The lowest BCUT2D eigenvalue weighted by atomic mass is 9.87. The van der Waals surface area contributed by atoms with Crippen LogP contribution >= 0.6 is 0 Å². The molecule has 0 spiro atoms. The lowest BCUT2D eigenvalue weighted by Gasteiger charge is -2.27. The first kappa shape index (κ1) is 25.6. The van der Waals surface area contributed by atoms with Crippen LogP contribution in [0.4, 0.5) is 11.5 Å². The van der Waals surface area contributed by atoms with Crippen LogP contribution in [0.5, 0.6) is 5.88 Å². The molecule has 7 nitrogen and oxygen atoms in total. The smallest absolute Gasteiger partial charge is 0.252 e. The minimum atomic E-state index is -0.509. The van der Waals surface area contributed by atoms with E-state index in [1.807, 2.05) is 17.0 Å². The number of ether oxygens (including phenoxy) is 1. The van der Waals surface area contributed by atoms with Gasteiger partial charge >= 0.3 is 0 Å². The summed E-state index contributed by atoms with van der Waals surface area (Å²) in [7, 11) is 2.18. The molecule has 4 rings (SSSR count). The quantitative estimate of drug-likeness (QED) is 0.453. The summed E-state index contributed by atoms with van der Waals surface area (Å²) in [4.78, 5) is 25.6. The molecule has 0 bridgehead atoms. The molecule has 2 aromatic heterocycles. The highest BCUT2D eigenvalue weighted by Gasteiger charge is 2.22. The highest BCUT2D eigenvalue weighted by Crippen LogP contribution is 2.31. The molecule has 1 amide bonds. The molecule has 2 N–H and O–H groups in total. The number of amides is 1. The van der Waals surface area contributed by atoms with E-state index in [0.29, 0.717) is 36.5 Å². The standard InChI is InChI=1S/C29H37N5O2/c1-29(2,3)22-9-11-24(12-10-22)34(28-25(27(30)35)8-5-15-32-28)20-21-13-16-31-26(19-21)36-18-14-23-7-6-17-33(23)4/h5,8-13,15-16,19,23H,6-7,14,17-18,20H2,1-4H3,(H2,30,35). The third-order valence-electron chi connectivity index (χ3n) is 6.87. The molecule has 1 aliphatic rings. The van der Waals surface area contributed by atoms with E-state index in [1.165, 1.54) is 18.4 Å². The Morgan fingerprint density at radius 3 is 2.58 bits per heavy atom. The van der Waals surface area contributed by atoms with Crippen LogP contribution in [0.3, 0.4) is 0 Å². The first-order valence-electron chi connectivity index (χ1n) is 12.6. The van der Waals surface area contributed by atoms with Gasteiger partial charge in [-0.25, -0.2) is 9.97 Å².